The lowest BCUT2D eigenvalue weighted by Crippen LogP contribution is -2.33. The fraction of sp³-hybridized carbons (Fsp3) is 0.0667. The first-order valence-corrected chi connectivity index (χ1v) is 6.23. The minimum atomic E-state index is -0.567. The van der Waals surface area contributed by atoms with Crippen molar-refractivity contribution < 1.29 is 9.84 Å². The number of para-hydroxylation sites is 2. The van der Waals surface area contributed by atoms with Gasteiger partial charge in [-0.15, -0.1) is 0 Å². The normalized spacial score (nSPS) is 10.7. The van der Waals surface area contributed by atoms with Crippen molar-refractivity contribution in [2.45, 2.75) is 0 Å². The SMILES string of the molecule is COc1ccccc1-n1c(=O)[nH]c2ccc(O)cc2c1=O. The summed E-state index contributed by atoms with van der Waals surface area (Å²) in [5, 5.41) is 9.74. The molecule has 6 nitrogen and oxygen atoms in total. The molecule has 2 aromatic carbocycles. The molecule has 0 aliphatic heterocycles. The Morgan fingerprint density at radius 3 is 2.67 bits per heavy atom. The van der Waals surface area contributed by atoms with Gasteiger partial charge in [-0.2, -0.15) is 0 Å². The van der Waals surface area contributed by atoms with Crippen LogP contribution >= 0.6 is 0 Å². The second-order valence-corrected chi connectivity index (χ2v) is 4.47. The second kappa shape index (κ2) is 4.82. The number of phenolic OH excluding ortho intramolecular Hbond substituents is 1. The highest BCUT2D eigenvalue weighted by atomic mass is 16.5. The molecule has 21 heavy (non-hydrogen) atoms. The molecule has 0 saturated carbocycles. The molecule has 2 N–H and O–H groups in total. The second-order valence-electron chi connectivity index (χ2n) is 4.47. The fourth-order valence-electron chi connectivity index (χ4n) is 2.24. The number of H-pyrrole nitrogens is 1. The number of methoxy groups -OCH3 is 1. The summed E-state index contributed by atoms with van der Waals surface area (Å²) in [5.41, 5.74) is -0.373. The van der Waals surface area contributed by atoms with E-state index in [1.807, 2.05) is 0 Å². The minimum Gasteiger partial charge on any atom is -0.508 e. The topological polar surface area (TPSA) is 84.3 Å². The third-order valence-electron chi connectivity index (χ3n) is 3.21. The number of fused-ring (bicyclic) bond motifs is 1. The maximum absolute atomic E-state index is 12.5. The molecule has 106 valence electrons. The molecule has 0 radical (unpaired) electrons. The number of rotatable bonds is 2. The Labute approximate surface area is 118 Å². The molecule has 0 unspecified atom stereocenters. The van der Waals surface area contributed by atoms with Crippen LogP contribution in [0.2, 0.25) is 0 Å². The number of nitrogens with one attached hydrogen (secondary N) is 1. The van der Waals surface area contributed by atoms with Crippen molar-refractivity contribution in [3.8, 4) is 17.2 Å². The van der Waals surface area contributed by atoms with Gasteiger partial charge >= 0.3 is 5.69 Å². The number of aromatic amines is 1. The van der Waals surface area contributed by atoms with Crippen molar-refractivity contribution in [2.24, 2.45) is 0 Å². The molecule has 0 amide bonds. The van der Waals surface area contributed by atoms with Gasteiger partial charge in [-0.1, -0.05) is 12.1 Å². The molecule has 0 aliphatic rings. The van der Waals surface area contributed by atoms with Gasteiger partial charge in [0, 0.05) is 0 Å². The van der Waals surface area contributed by atoms with E-state index < -0.39 is 11.2 Å². The van der Waals surface area contributed by atoms with Crippen LogP contribution < -0.4 is 16.0 Å². The minimum absolute atomic E-state index is 0.0433. The predicted molar refractivity (Wildman–Crippen MR) is 78.4 cm³/mol. The van der Waals surface area contributed by atoms with Gasteiger partial charge in [-0.3, -0.25) is 4.79 Å². The number of benzene rings is 2. The van der Waals surface area contributed by atoms with Gasteiger partial charge in [0.2, 0.25) is 0 Å². The summed E-state index contributed by atoms with van der Waals surface area (Å²) < 4.78 is 6.17. The third kappa shape index (κ3) is 2.06. The van der Waals surface area contributed by atoms with Crippen molar-refractivity contribution in [2.75, 3.05) is 7.11 Å². The zero-order valence-electron chi connectivity index (χ0n) is 11.2. The van der Waals surface area contributed by atoms with Crippen molar-refractivity contribution >= 4 is 10.9 Å². The van der Waals surface area contributed by atoms with Crippen LogP contribution in [0.4, 0.5) is 0 Å². The molecule has 3 aromatic rings. The highest BCUT2D eigenvalue weighted by molar-refractivity contribution is 5.79. The Bertz CT molecular complexity index is 940. The third-order valence-corrected chi connectivity index (χ3v) is 3.21. The number of ether oxygens (including phenoxy) is 1. The van der Waals surface area contributed by atoms with E-state index in [-0.39, 0.29) is 11.1 Å². The Balaban J connectivity index is 2.43. The zero-order valence-corrected chi connectivity index (χ0v) is 11.2. The first kappa shape index (κ1) is 13.0. The number of aromatic nitrogens is 2. The van der Waals surface area contributed by atoms with E-state index in [1.54, 1.807) is 24.3 Å². The number of aromatic hydroxyl groups is 1. The zero-order chi connectivity index (χ0) is 15.0. The van der Waals surface area contributed by atoms with Crippen molar-refractivity contribution in [1.29, 1.82) is 0 Å². The smallest absolute Gasteiger partial charge is 0.333 e. The summed E-state index contributed by atoms with van der Waals surface area (Å²) in [4.78, 5) is 27.4. The fourth-order valence-corrected chi connectivity index (χ4v) is 2.24. The monoisotopic (exact) mass is 284 g/mol. The van der Waals surface area contributed by atoms with E-state index in [2.05, 4.69) is 4.98 Å². The van der Waals surface area contributed by atoms with Gasteiger partial charge in [-0.05, 0) is 30.3 Å². The van der Waals surface area contributed by atoms with E-state index in [0.717, 1.165) is 4.57 Å². The molecule has 0 atom stereocenters. The molecular formula is C15H12N2O4. The van der Waals surface area contributed by atoms with Crippen LogP contribution in [0.15, 0.2) is 52.1 Å². The average molecular weight is 284 g/mol. The Morgan fingerprint density at radius 2 is 1.90 bits per heavy atom. The first-order chi connectivity index (χ1) is 10.1. The molecule has 6 heteroatoms. The molecule has 3 rings (SSSR count). The highest BCUT2D eigenvalue weighted by Gasteiger charge is 2.13. The van der Waals surface area contributed by atoms with Crippen LogP contribution in [0.5, 0.6) is 11.5 Å². The van der Waals surface area contributed by atoms with E-state index in [1.165, 1.54) is 25.3 Å². The van der Waals surface area contributed by atoms with Gasteiger partial charge in [0.05, 0.1) is 23.7 Å². The van der Waals surface area contributed by atoms with Gasteiger partial charge < -0.3 is 14.8 Å². The molecule has 0 aliphatic carbocycles. The molecule has 0 fully saturated rings. The van der Waals surface area contributed by atoms with Gasteiger partial charge in [-0.25, -0.2) is 9.36 Å². The Hall–Kier alpha value is -3.02. The molecule has 1 aromatic heterocycles. The summed E-state index contributed by atoms with van der Waals surface area (Å²) in [6, 6.07) is 10.9. The number of hydrogen-bond acceptors (Lipinski definition) is 4. The molecule has 0 saturated heterocycles. The largest absolute Gasteiger partial charge is 0.508 e. The van der Waals surface area contributed by atoms with E-state index in [4.69, 9.17) is 4.74 Å². The highest BCUT2D eigenvalue weighted by Crippen LogP contribution is 2.20. The number of phenols is 1. The van der Waals surface area contributed by atoms with Crippen LogP contribution in [0.1, 0.15) is 0 Å². The summed E-state index contributed by atoms with van der Waals surface area (Å²) in [5.74, 6) is 0.364. The Kier molecular flexibility index (Phi) is 2.98. The predicted octanol–water partition coefficient (Wildman–Crippen LogP) is 1.39. The van der Waals surface area contributed by atoms with Crippen LogP contribution in [-0.4, -0.2) is 21.8 Å². The van der Waals surface area contributed by atoms with E-state index in [9.17, 15) is 14.7 Å². The summed E-state index contributed by atoms with van der Waals surface area (Å²) in [6.07, 6.45) is 0. The van der Waals surface area contributed by atoms with Crippen molar-refractivity contribution in [3.05, 3.63) is 63.3 Å². The van der Waals surface area contributed by atoms with E-state index in [0.29, 0.717) is 17.0 Å². The lowest BCUT2D eigenvalue weighted by atomic mass is 10.2. The molecular weight excluding hydrogens is 272 g/mol. The number of nitrogens with zero attached hydrogens (tertiary/aromatic N) is 1. The lowest BCUT2D eigenvalue weighted by Gasteiger charge is -2.10. The first-order valence-electron chi connectivity index (χ1n) is 6.23. The van der Waals surface area contributed by atoms with Crippen LogP contribution in [0.25, 0.3) is 16.6 Å². The molecule has 1 heterocycles. The van der Waals surface area contributed by atoms with Crippen molar-refractivity contribution in [3.63, 3.8) is 0 Å². The quantitative estimate of drug-likeness (QED) is 0.745. The van der Waals surface area contributed by atoms with Crippen LogP contribution in [-0.2, 0) is 0 Å². The van der Waals surface area contributed by atoms with Crippen molar-refractivity contribution in [1.82, 2.24) is 9.55 Å². The van der Waals surface area contributed by atoms with Crippen LogP contribution in [0.3, 0.4) is 0 Å². The van der Waals surface area contributed by atoms with Crippen LogP contribution in [0, 0.1) is 0 Å². The summed E-state index contributed by atoms with van der Waals surface area (Å²) in [7, 11) is 1.46. The lowest BCUT2D eigenvalue weighted by molar-refractivity contribution is 0.412. The maximum Gasteiger partial charge on any atom is 0.333 e. The average Bonchev–Trinajstić information content (AvgIpc) is 2.49. The molecule has 0 bridgehead atoms. The van der Waals surface area contributed by atoms with Gasteiger partial charge in [0.1, 0.15) is 11.5 Å². The summed E-state index contributed by atoms with van der Waals surface area (Å²) >= 11 is 0. The Morgan fingerprint density at radius 1 is 1.14 bits per heavy atom. The molecule has 0 spiro atoms. The summed E-state index contributed by atoms with van der Waals surface area (Å²) in [6.45, 7) is 0. The maximum atomic E-state index is 12.5. The van der Waals surface area contributed by atoms with Gasteiger partial charge in [0.25, 0.3) is 5.56 Å². The standard InChI is InChI=1S/C15H12N2O4/c1-21-13-5-3-2-4-12(13)17-14(19)10-8-9(18)6-7-11(10)16-15(17)20/h2-8,18H,1H3,(H,16,20). The van der Waals surface area contributed by atoms with Gasteiger partial charge in [0.15, 0.2) is 0 Å². The number of hydrogen-bond donors (Lipinski definition) is 2. The van der Waals surface area contributed by atoms with E-state index >= 15 is 0 Å².